The van der Waals surface area contributed by atoms with Gasteiger partial charge in [-0.1, -0.05) is 48.5 Å². The Morgan fingerprint density at radius 2 is 1.62 bits per heavy atom. The number of alkyl halides is 1. The first-order valence-corrected chi connectivity index (χ1v) is 9.10. The number of hydrogen-bond donors (Lipinski definition) is 0. The predicted octanol–water partition coefficient (Wildman–Crippen LogP) is 6.50. The Bertz CT molecular complexity index is 423. The van der Waals surface area contributed by atoms with E-state index in [9.17, 15) is 0 Å². The van der Waals surface area contributed by atoms with Gasteiger partial charge in [0.15, 0.2) is 11.5 Å². The summed E-state index contributed by atoms with van der Waals surface area (Å²) in [5, 5.41) is 0.00566. The molecule has 2 nitrogen and oxygen atoms in total. The second-order valence-electron chi connectivity index (χ2n) is 5.00. The van der Waals surface area contributed by atoms with Crippen LogP contribution in [0.1, 0.15) is 63.8 Å². The van der Waals surface area contributed by atoms with Crippen molar-refractivity contribution in [3.8, 4) is 11.5 Å². The molecule has 0 bridgehead atoms. The molecule has 0 amide bonds. The lowest BCUT2D eigenvalue weighted by Gasteiger charge is -2.17. The summed E-state index contributed by atoms with van der Waals surface area (Å²) in [6, 6.07) is 3.97. The Hall–Kier alpha value is -0.410. The first-order chi connectivity index (χ1) is 10.1. The van der Waals surface area contributed by atoms with Gasteiger partial charge in [0.2, 0.25) is 0 Å². The average Bonchev–Trinajstić information content (AvgIpc) is 2.46. The van der Waals surface area contributed by atoms with Crippen LogP contribution in [0, 0.1) is 0 Å². The molecule has 1 aromatic carbocycles. The quantitative estimate of drug-likeness (QED) is 0.342. The third kappa shape index (κ3) is 6.07. The van der Waals surface area contributed by atoms with Crippen LogP contribution in [-0.2, 0) is 0 Å². The Kier molecular flexibility index (Phi) is 9.18. The zero-order valence-electron chi connectivity index (χ0n) is 13.3. The number of rotatable bonds is 10. The van der Waals surface area contributed by atoms with Gasteiger partial charge < -0.3 is 9.47 Å². The molecule has 0 aromatic heterocycles. The summed E-state index contributed by atoms with van der Waals surface area (Å²) in [6.45, 7) is 7.39. The van der Waals surface area contributed by atoms with Gasteiger partial charge in [-0.25, -0.2) is 0 Å². The highest BCUT2D eigenvalue weighted by Gasteiger charge is 2.16. The monoisotopic (exact) mass is 376 g/mol. The zero-order valence-corrected chi connectivity index (χ0v) is 15.6. The van der Waals surface area contributed by atoms with Crippen molar-refractivity contribution in [1.29, 1.82) is 0 Å². The van der Waals surface area contributed by atoms with Gasteiger partial charge in [-0.05, 0) is 38.0 Å². The van der Waals surface area contributed by atoms with Crippen molar-refractivity contribution in [2.45, 2.75) is 58.3 Å². The van der Waals surface area contributed by atoms with Crippen molar-refractivity contribution in [2.75, 3.05) is 13.2 Å². The highest BCUT2D eigenvalue weighted by Crippen LogP contribution is 2.40. The van der Waals surface area contributed by atoms with Crippen LogP contribution in [0.3, 0.4) is 0 Å². The molecule has 0 radical (unpaired) electrons. The van der Waals surface area contributed by atoms with E-state index in [1.54, 1.807) is 0 Å². The number of ether oxygens (including phenoxy) is 2. The van der Waals surface area contributed by atoms with E-state index >= 15 is 0 Å². The molecule has 120 valence electrons. The molecule has 21 heavy (non-hydrogen) atoms. The molecule has 0 aliphatic rings. The van der Waals surface area contributed by atoms with E-state index in [1.165, 1.54) is 19.3 Å². The summed E-state index contributed by atoms with van der Waals surface area (Å²) < 4.78 is 12.3. The van der Waals surface area contributed by atoms with Gasteiger partial charge in [0.25, 0.3) is 0 Å². The summed E-state index contributed by atoms with van der Waals surface area (Å²) in [6.07, 6.45) is 5.91. The van der Waals surface area contributed by atoms with Crippen molar-refractivity contribution in [2.24, 2.45) is 0 Å². The second-order valence-corrected chi connectivity index (χ2v) is 6.38. The van der Waals surface area contributed by atoms with Crippen molar-refractivity contribution >= 4 is 27.5 Å². The first kappa shape index (κ1) is 18.6. The molecule has 1 aromatic rings. The van der Waals surface area contributed by atoms with Gasteiger partial charge in [0.1, 0.15) is 0 Å². The fraction of sp³-hybridized carbons (Fsp3) is 0.647. The molecule has 0 saturated carbocycles. The molecule has 0 spiro atoms. The van der Waals surface area contributed by atoms with Crippen LogP contribution < -0.4 is 9.47 Å². The van der Waals surface area contributed by atoms with E-state index in [2.05, 4.69) is 22.9 Å². The van der Waals surface area contributed by atoms with Crippen molar-refractivity contribution in [3.63, 3.8) is 0 Å². The number of hydrogen-bond acceptors (Lipinski definition) is 2. The molecule has 0 aliphatic heterocycles. The van der Waals surface area contributed by atoms with E-state index < -0.39 is 0 Å². The van der Waals surface area contributed by atoms with E-state index in [4.69, 9.17) is 21.1 Å². The van der Waals surface area contributed by atoms with Crippen LogP contribution in [0.25, 0.3) is 0 Å². The highest BCUT2D eigenvalue weighted by molar-refractivity contribution is 9.10. The average molecular weight is 378 g/mol. The molecule has 0 N–H and O–H groups in total. The highest BCUT2D eigenvalue weighted by atomic mass is 79.9. The molecular formula is C17H26BrClO2. The predicted molar refractivity (Wildman–Crippen MR) is 93.8 cm³/mol. The number of halogens is 2. The molecular weight excluding hydrogens is 352 g/mol. The van der Waals surface area contributed by atoms with E-state index in [0.717, 1.165) is 34.4 Å². The molecule has 1 rings (SSSR count). The van der Waals surface area contributed by atoms with E-state index in [1.807, 2.05) is 26.0 Å². The second kappa shape index (κ2) is 10.3. The molecule has 0 aliphatic carbocycles. The van der Waals surface area contributed by atoms with Crippen LogP contribution in [0.4, 0.5) is 0 Å². The minimum absolute atomic E-state index is 0.00566. The fourth-order valence-corrected chi connectivity index (χ4v) is 3.30. The van der Waals surface area contributed by atoms with Gasteiger partial charge in [0, 0.05) is 4.47 Å². The van der Waals surface area contributed by atoms with Gasteiger partial charge in [-0.15, -0.1) is 11.6 Å². The molecule has 0 saturated heterocycles. The molecule has 0 fully saturated rings. The Morgan fingerprint density at radius 1 is 1.00 bits per heavy atom. The third-order valence-electron chi connectivity index (χ3n) is 3.31. The Balaban J connectivity index is 2.82. The van der Waals surface area contributed by atoms with Crippen LogP contribution in [-0.4, -0.2) is 13.2 Å². The Labute approximate surface area is 142 Å². The van der Waals surface area contributed by atoms with E-state index in [-0.39, 0.29) is 5.38 Å². The first-order valence-electron chi connectivity index (χ1n) is 7.87. The van der Waals surface area contributed by atoms with Crippen molar-refractivity contribution < 1.29 is 9.47 Å². The summed E-state index contributed by atoms with van der Waals surface area (Å²) in [5.74, 6) is 1.54. The molecule has 1 atom stereocenters. The standard InChI is InChI=1S/C17H26BrClO2/c1-4-7-8-9-10-15(19)13-11-16(20-5-2)17(21-6-3)12-14(13)18/h11-12,15H,4-10H2,1-3H3. The summed E-state index contributed by atoms with van der Waals surface area (Å²) >= 11 is 10.2. The summed E-state index contributed by atoms with van der Waals surface area (Å²) in [4.78, 5) is 0. The minimum atomic E-state index is 0.00566. The maximum absolute atomic E-state index is 6.57. The van der Waals surface area contributed by atoms with Crippen molar-refractivity contribution in [3.05, 3.63) is 22.2 Å². The van der Waals surface area contributed by atoms with Gasteiger partial charge in [-0.2, -0.15) is 0 Å². The van der Waals surface area contributed by atoms with Crippen LogP contribution >= 0.6 is 27.5 Å². The Morgan fingerprint density at radius 3 is 2.19 bits per heavy atom. The topological polar surface area (TPSA) is 18.5 Å². The van der Waals surface area contributed by atoms with Crippen molar-refractivity contribution in [1.82, 2.24) is 0 Å². The van der Waals surface area contributed by atoms with Gasteiger partial charge in [0.05, 0.1) is 18.6 Å². The minimum Gasteiger partial charge on any atom is -0.490 e. The lowest BCUT2D eigenvalue weighted by atomic mass is 10.0. The lowest BCUT2D eigenvalue weighted by Crippen LogP contribution is -2.01. The normalized spacial score (nSPS) is 12.2. The molecule has 0 heterocycles. The SMILES string of the molecule is CCCCCCC(Cl)c1cc(OCC)c(OCC)cc1Br. The van der Waals surface area contributed by atoms with Crippen LogP contribution in [0.2, 0.25) is 0 Å². The molecule has 4 heteroatoms. The molecule has 1 unspecified atom stereocenters. The van der Waals surface area contributed by atoms with Crippen LogP contribution in [0.5, 0.6) is 11.5 Å². The van der Waals surface area contributed by atoms with Gasteiger partial charge in [-0.3, -0.25) is 0 Å². The maximum Gasteiger partial charge on any atom is 0.162 e. The lowest BCUT2D eigenvalue weighted by molar-refractivity contribution is 0.287. The zero-order chi connectivity index (χ0) is 15.7. The summed E-state index contributed by atoms with van der Waals surface area (Å²) in [7, 11) is 0. The number of unbranched alkanes of at least 4 members (excludes halogenated alkanes) is 3. The smallest absolute Gasteiger partial charge is 0.162 e. The van der Waals surface area contributed by atoms with E-state index in [0.29, 0.717) is 13.2 Å². The fourth-order valence-electron chi connectivity index (χ4n) is 2.23. The largest absolute Gasteiger partial charge is 0.490 e. The number of benzene rings is 1. The third-order valence-corrected chi connectivity index (χ3v) is 4.45. The maximum atomic E-state index is 6.57. The van der Waals surface area contributed by atoms with Gasteiger partial charge >= 0.3 is 0 Å². The van der Waals surface area contributed by atoms with Crippen LogP contribution in [0.15, 0.2) is 16.6 Å². The summed E-state index contributed by atoms with van der Waals surface area (Å²) in [5.41, 5.74) is 1.08.